The van der Waals surface area contributed by atoms with Crippen LogP contribution in [-0.2, 0) is 16.0 Å². The maximum Gasteiger partial charge on any atom is 0.250 e. The predicted octanol–water partition coefficient (Wildman–Crippen LogP) is 1.87. The summed E-state index contributed by atoms with van der Waals surface area (Å²) in [5.74, 6) is -0.0860. The van der Waals surface area contributed by atoms with Gasteiger partial charge >= 0.3 is 0 Å². The average Bonchev–Trinajstić information content (AvgIpc) is 2.36. The van der Waals surface area contributed by atoms with Crippen molar-refractivity contribution in [2.45, 2.75) is 32.8 Å². The number of hydrogen-bond donors (Lipinski definition) is 2. The summed E-state index contributed by atoms with van der Waals surface area (Å²) in [6.07, 6.45) is 0.903. The smallest absolute Gasteiger partial charge is 0.250 e. The molecule has 1 fully saturated rings. The average molecular weight is 262 g/mol. The molecule has 1 aromatic carbocycles. The monoisotopic (exact) mass is 262 g/mol. The van der Waals surface area contributed by atoms with E-state index in [0.29, 0.717) is 0 Å². The Morgan fingerprint density at radius 3 is 2.79 bits per heavy atom. The van der Waals surface area contributed by atoms with E-state index in [1.54, 1.807) is 0 Å². The van der Waals surface area contributed by atoms with E-state index in [1.807, 2.05) is 32.0 Å². The van der Waals surface area contributed by atoms with E-state index >= 15 is 0 Å². The summed E-state index contributed by atoms with van der Waals surface area (Å²) in [6, 6.07) is 6.06. The van der Waals surface area contributed by atoms with E-state index in [-0.39, 0.29) is 18.1 Å². The SMILES string of the molecule is CCc1cccc(C)c1NC(=O)COC1(C)CNC1. The molecule has 0 aliphatic carbocycles. The number of amides is 1. The largest absolute Gasteiger partial charge is 0.363 e. The van der Waals surface area contributed by atoms with Crippen molar-refractivity contribution in [3.8, 4) is 0 Å². The Balaban J connectivity index is 1.95. The van der Waals surface area contributed by atoms with Gasteiger partial charge in [0.15, 0.2) is 0 Å². The summed E-state index contributed by atoms with van der Waals surface area (Å²) in [5, 5.41) is 6.11. The summed E-state index contributed by atoms with van der Waals surface area (Å²) in [7, 11) is 0. The van der Waals surface area contributed by atoms with Crippen LogP contribution in [0, 0.1) is 6.92 Å². The van der Waals surface area contributed by atoms with Crippen LogP contribution in [0.15, 0.2) is 18.2 Å². The Labute approximate surface area is 114 Å². The molecule has 19 heavy (non-hydrogen) atoms. The van der Waals surface area contributed by atoms with E-state index in [0.717, 1.165) is 36.3 Å². The van der Waals surface area contributed by atoms with Gasteiger partial charge in [0.25, 0.3) is 0 Å². The van der Waals surface area contributed by atoms with Gasteiger partial charge in [-0.2, -0.15) is 0 Å². The van der Waals surface area contributed by atoms with Crippen molar-refractivity contribution in [3.05, 3.63) is 29.3 Å². The van der Waals surface area contributed by atoms with E-state index in [1.165, 1.54) is 0 Å². The second-order valence-corrected chi connectivity index (χ2v) is 5.35. The first-order valence-corrected chi connectivity index (χ1v) is 6.77. The first-order chi connectivity index (χ1) is 9.04. The van der Waals surface area contributed by atoms with Gasteiger partial charge in [0.1, 0.15) is 6.61 Å². The van der Waals surface area contributed by atoms with Crippen molar-refractivity contribution in [3.63, 3.8) is 0 Å². The standard InChI is InChI=1S/C15H22N2O2/c1-4-12-7-5-6-11(2)14(12)17-13(18)8-19-15(3)9-16-10-15/h5-7,16H,4,8-10H2,1-3H3,(H,17,18). The molecule has 0 atom stereocenters. The molecule has 1 heterocycles. The number of aryl methyl sites for hydroxylation is 2. The lowest BCUT2D eigenvalue weighted by Crippen LogP contribution is -2.59. The van der Waals surface area contributed by atoms with E-state index in [4.69, 9.17) is 4.74 Å². The van der Waals surface area contributed by atoms with Crippen molar-refractivity contribution in [2.24, 2.45) is 0 Å². The molecule has 4 nitrogen and oxygen atoms in total. The molecule has 1 amide bonds. The Kier molecular flexibility index (Phi) is 4.22. The van der Waals surface area contributed by atoms with Gasteiger partial charge in [-0.25, -0.2) is 0 Å². The zero-order valence-corrected chi connectivity index (χ0v) is 11.9. The zero-order chi connectivity index (χ0) is 13.9. The predicted molar refractivity (Wildman–Crippen MR) is 76.4 cm³/mol. The fraction of sp³-hybridized carbons (Fsp3) is 0.533. The third-order valence-corrected chi connectivity index (χ3v) is 3.55. The fourth-order valence-electron chi connectivity index (χ4n) is 2.20. The number of rotatable bonds is 5. The first-order valence-electron chi connectivity index (χ1n) is 6.77. The van der Waals surface area contributed by atoms with Gasteiger partial charge in [-0.05, 0) is 31.4 Å². The summed E-state index contributed by atoms with van der Waals surface area (Å²) >= 11 is 0. The maximum atomic E-state index is 12.0. The van der Waals surface area contributed by atoms with Crippen LogP contribution < -0.4 is 10.6 Å². The number of ether oxygens (including phenoxy) is 1. The summed E-state index contributed by atoms with van der Waals surface area (Å²) < 4.78 is 5.64. The van der Waals surface area contributed by atoms with Crippen LogP contribution in [0.2, 0.25) is 0 Å². The Bertz CT molecular complexity index is 467. The van der Waals surface area contributed by atoms with Crippen LogP contribution in [0.3, 0.4) is 0 Å². The zero-order valence-electron chi connectivity index (χ0n) is 11.9. The van der Waals surface area contributed by atoms with Crippen molar-refractivity contribution >= 4 is 11.6 Å². The number of nitrogens with one attached hydrogen (secondary N) is 2. The third-order valence-electron chi connectivity index (χ3n) is 3.55. The highest BCUT2D eigenvalue weighted by molar-refractivity contribution is 5.93. The molecule has 1 saturated heterocycles. The number of hydrogen-bond acceptors (Lipinski definition) is 3. The Morgan fingerprint density at radius 1 is 1.47 bits per heavy atom. The molecule has 0 saturated carbocycles. The highest BCUT2D eigenvalue weighted by Gasteiger charge is 2.33. The molecule has 0 unspecified atom stereocenters. The summed E-state index contributed by atoms with van der Waals surface area (Å²) in [4.78, 5) is 12.0. The quantitative estimate of drug-likeness (QED) is 0.852. The highest BCUT2D eigenvalue weighted by atomic mass is 16.5. The Morgan fingerprint density at radius 2 is 2.21 bits per heavy atom. The number of carbonyl (C=O) groups is 1. The summed E-state index contributed by atoms with van der Waals surface area (Å²) in [5.41, 5.74) is 2.99. The van der Waals surface area contributed by atoms with Gasteiger partial charge in [-0.1, -0.05) is 25.1 Å². The molecule has 0 bridgehead atoms. The molecular weight excluding hydrogens is 240 g/mol. The Hall–Kier alpha value is -1.39. The lowest BCUT2D eigenvalue weighted by Gasteiger charge is -2.38. The van der Waals surface area contributed by atoms with Crippen molar-refractivity contribution in [1.82, 2.24) is 5.32 Å². The van der Waals surface area contributed by atoms with Crippen LogP contribution in [0.5, 0.6) is 0 Å². The van der Waals surface area contributed by atoms with Gasteiger partial charge in [0.2, 0.25) is 5.91 Å². The molecule has 2 rings (SSSR count). The van der Waals surface area contributed by atoms with Crippen molar-refractivity contribution in [1.29, 1.82) is 0 Å². The minimum Gasteiger partial charge on any atom is -0.363 e. The van der Waals surface area contributed by atoms with Crippen LogP contribution in [0.25, 0.3) is 0 Å². The molecule has 1 aromatic rings. The molecule has 2 N–H and O–H groups in total. The van der Waals surface area contributed by atoms with Crippen LogP contribution >= 0.6 is 0 Å². The van der Waals surface area contributed by atoms with Crippen LogP contribution in [0.4, 0.5) is 5.69 Å². The molecule has 0 aromatic heterocycles. The first kappa shape index (κ1) is 14.0. The lowest BCUT2D eigenvalue weighted by atomic mass is 10.0. The molecule has 1 aliphatic heterocycles. The van der Waals surface area contributed by atoms with Gasteiger partial charge in [-0.3, -0.25) is 4.79 Å². The lowest BCUT2D eigenvalue weighted by molar-refractivity contribution is -0.130. The molecular formula is C15H22N2O2. The molecule has 4 heteroatoms. The van der Waals surface area contributed by atoms with Gasteiger partial charge < -0.3 is 15.4 Å². The normalized spacial score (nSPS) is 16.8. The van der Waals surface area contributed by atoms with E-state index < -0.39 is 0 Å². The van der Waals surface area contributed by atoms with Crippen molar-refractivity contribution < 1.29 is 9.53 Å². The fourth-order valence-corrected chi connectivity index (χ4v) is 2.20. The minimum atomic E-state index is -0.184. The number of carbonyl (C=O) groups excluding carboxylic acids is 1. The van der Waals surface area contributed by atoms with Crippen LogP contribution in [0.1, 0.15) is 25.0 Å². The number of para-hydroxylation sites is 1. The van der Waals surface area contributed by atoms with Gasteiger partial charge in [-0.15, -0.1) is 0 Å². The van der Waals surface area contributed by atoms with Gasteiger partial charge in [0.05, 0.1) is 5.60 Å². The molecule has 104 valence electrons. The second kappa shape index (κ2) is 5.72. The topological polar surface area (TPSA) is 50.4 Å². The van der Waals surface area contributed by atoms with Crippen molar-refractivity contribution in [2.75, 3.05) is 25.0 Å². The van der Waals surface area contributed by atoms with Crippen LogP contribution in [-0.4, -0.2) is 31.2 Å². The summed E-state index contributed by atoms with van der Waals surface area (Å²) in [6.45, 7) is 7.84. The van der Waals surface area contributed by atoms with Gasteiger partial charge in [0, 0.05) is 18.8 Å². The van der Waals surface area contributed by atoms with E-state index in [2.05, 4.69) is 17.6 Å². The second-order valence-electron chi connectivity index (χ2n) is 5.35. The van der Waals surface area contributed by atoms with E-state index in [9.17, 15) is 4.79 Å². The molecule has 0 spiro atoms. The molecule has 1 aliphatic rings. The minimum absolute atomic E-state index is 0.0860. The highest BCUT2D eigenvalue weighted by Crippen LogP contribution is 2.21. The molecule has 0 radical (unpaired) electrons. The third kappa shape index (κ3) is 3.33. The maximum absolute atomic E-state index is 12.0. The number of anilines is 1. The number of benzene rings is 1.